The molecule has 0 fully saturated rings. The van der Waals surface area contributed by atoms with E-state index in [-0.39, 0.29) is 7.61 Å². The van der Waals surface area contributed by atoms with Crippen molar-refractivity contribution in [2.24, 2.45) is 4.74 Å². The summed E-state index contributed by atoms with van der Waals surface area (Å²) in [4.78, 5) is 0. The molecule has 0 saturated carbocycles. The average molecular weight is 263 g/mol. The van der Waals surface area contributed by atoms with Gasteiger partial charge in [0.1, 0.15) is 0 Å². The van der Waals surface area contributed by atoms with Crippen molar-refractivity contribution in [2.75, 3.05) is 7.05 Å². The van der Waals surface area contributed by atoms with Crippen molar-refractivity contribution in [3.8, 4) is 0 Å². The number of hydrogen-bond acceptors (Lipinski definition) is 1. The normalized spacial score (nSPS) is 13.6. The lowest BCUT2D eigenvalue weighted by Gasteiger charge is -2.44. The van der Waals surface area contributed by atoms with Crippen molar-refractivity contribution < 1.29 is 0 Å². The van der Waals surface area contributed by atoms with E-state index in [1.807, 2.05) is 0 Å². The maximum absolute atomic E-state index is 5.00. The van der Waals surface area contributed by atoms with Crippen LogP contribution in [0, 0.1) is 0 Å². The molecule has 0 atom stereocenters. The molecule has 3 heteroatoms. The van der Waals surface area contributed by atoms with Gasteiger partial charge < -0.3 is 4.74 Å². The van der Waals surface area contributed by atoms with Crippen molar-refractivity contribution in [1.29, 1.82) is 0 Å². The molecule has 0 rings (SSSR count). The van der Waals surface area contributed by atoms with Crippen molar-refractivity contribution >= 4 is 14.4 Å². The Bertz CT molecular complexity index is 235. The van der Waals surface area contributed by atoms with Crippen LogP contribution in [0.2, 0.25) is 0 Å². The van der Waals surface area contributed by atoms with Gasteiger partial charge in [0, 0.05) is 7.05 Å². The Hall–Kier alpha value is 0.660. The Morgan fingerprint density at radius 2 is 1.06 bits per heavy atom. The van der Waals surface area contributed by atoms with E-state index in [1.165, 1.54) is 0 Å². The molecule has 0 N–H and O–H groups in total. The predicted octanol–water partition coefficient (Wildman–Crippen LogP) is 5.85. The molecular formula is C13H31NP2. The smallest absolute Gasteiger partial charge is 0.0266 e. The summed E-state index contributed by atoms with van der Waals surface area (Å²) in [7, 11) is 2.12. The zero-order chi connectivity index (χ0) is 13.1. The van der Waals surface area contributed by atoms with Crippen LogP contribution in [0.15, 0.2) is 4.74 Å². The van der Waals surface area contributed by atoms with Crippen LogP contribution >= 0.6 is 14.4 Å². The summed E-state index contributed by atoms with van der Waals surface area (Å²) < 4.78 is 5.00. The van der Waals surface area contributed by atoms with Crippen LogP contribution in [0.3, 0.4) is 0 Å². The van der Waals surface area contributed by atoms with Gasteiger partial charge in [-0.05, 0) is 29.4 Å². The molecule has 0 unspecified atom stereocenters. The number of hydrogen-bond donors (Lipinski definition) is 0. The van der Waals surface area contributed by atoms with Gasteiger partial charge in [0.25, 0.3) is 0 Å². The molecule has 1 nitrogen and oxygen atoms in total. The molecule has 0 heterocycles. The third-order valence-corrected chi connectivity index (χ3v) is 18.1. The Balaban J connectivity index is 5.65. The Morgan fingerprint density at radius 1 is 0.750 bits per heavy atom. The first-order valence-electron chi connectivity index (χ1n) is 6.50. The van der Waals surface area contributed by atoms with Crippen LogP contribution in [0.25, 0.3) is 0 Å². The van der Waals surface area contributed by atoms with E-state index in [1.54, 1.807) is 0 Å². The third kappa shape index (κ3) is 3.11. The molecule has 0 amide bonds. The summed E-state index contributed by atoms with van der Waals surface area (Å²) in [6.45, 7) is 18.0. The lowest BCUT2D eigenvalue weighted by atomic mass is 10.5. The highest BCUT2D eigenvalue weighted by Gasteiger charge is 2.38. The summed E-state index contributed by atoms with van der Waals surface area (Å²) in [6.07, 6.45) is 0. The zero-order valence-electron chi connectivity index (χ0n) is 12.7. The zero-order valence-corrected chi connectivity index (χ0v) is 14.4. The van der Waals surface area contributed by atoms with Gasteiger partial charge >= 0.3 is 0 Å². The Labute approximate surface area is 105 Å². The first-order chi connectivity index (χ1) is 7.21. The van der Waals surface area contributed by atoms with Crippen LogP contribution in [-0.2, 0) is 0 Å². The van der Waals surface area contributed by atoms with E-state index in [0.717, 1.165) is 22.6 Å². The molecule has 0 aliphatic heterocycles. The van der Waals surface area contributed by atoms with E-state index in [0.29, 0.717) is 0 Å². The minimum Gasteiger partial charge on any atom is -0.302 e. The standard InChI is InChI=1S/C13H31NP2/c1-10(2)15(11(3)4)16(14-9,12(5)6)13(7)8/h10-13H,1-9H3. The quantitative estimate of drug-likeness (QED) is 0.552. The maximum atomic E-state index is 5.00. The molecule has 0 aliphatic rings. The van der Waals surface area contributed by atoms with E-state index in [4.69, 9.17) is 4.74 Å². The maximum Gasteiger partial charge on any atom is 0.0266 e. The second-order valence-corrected chi connectivity index (χ2v) is 15.7. The first-order valence-corrected chi connectivity index (χ1v) is 10.6. The third-order valence-electron chi connectivity index (χ3n) is 3.27. The van der Waals surface area contributed by atoms with E-state index < -0.39 is 6.74 Å². The molecule has 98 valence electrons. The number of nitrogens with zero attached hydrogens (tertiary/aromatic N) is 1. The number of rotatable bonds is 5. The van der Waals surface area contributed by atoms with Gasteiger partial charge in [-0.2, -0.15) is 0 Å². The summed E-state index contributed by atoms with van der Waals surface area (Å²) in [5.74, 6) is 0. The van der Waals surface area contributed by atoms with Gasteiger partial charge in [0.2, 0.25) is 0 Å². The highest BCUT2D eigenvalue weighted by molar-refractivity contribution is 8.35. The Morgan fingerprint density at radius 3 is 1.12 bits per heavy atom. The fourth-order valence-electron chi connectivity index (χ4n) is 3.03. The van der Waals surface area contributed by atoms with Gasteiger partial charge in [0.15, 0.2) is 0 Å². The fraction of sp³-hybridized carbons (Fsp3) is 1.00. The van der Waals surface area contributed by atoms with Crippen LogP contribution in [0.1, 0.15) is 55.4 Å². The summed E-state index contributed by atoms with van der Waals surface area (Å²) in [5, 5.41) is 0. The summed E-state index contributed by atoms with van der Waals surface area (Å²) >= 11 is 0. The van der Waals surface area contributed by atoms with Gasteiger partial charge in [-0.3, -0.25) is 0 Å². The van der Waals surface area contributed by atoms with E-state index in [9.17, 15) is 0 Å². The molecule has 16 heavy (non-hydrogen) atoms. The van der Waals surface area contributed by atoms with Crippen molar-refractivity contribution in [1.82, 2.24) is 0 Å². The largest absolute Gasteiger partial charge is 0.302 e. The van der Waals surface area contributed by atoms with Gasteiger partial charge in [0.05, 0.1) is 0 Å². The Kier molecular flexibility index (Phi) is 6.82. The molecule has 0 aromatic carbocycles. The van der Waals surface area contributed by atoms with Crippen molar-refractivity contribution in [3.63, 3.8) is 0 Å². The van der Waals surface area contributed by atoms with Gasteiger partial charge in [-0.25, -0.2) is 0 Å². The van der Waals surface area contributed by atoms with Crippen LogP contribution < -0.4 is 0 Å². The second kappa shape index (κ2) is 6.55. The molecule has 0 spiro atoms. The molecular weight excluding hydrogens is 232 g/mol. The topological polar surface area (TPSA) is 12.4 Å². The lowest BCUT2D eigenvalue weighted by Crippen LogP contribution is -2.15. The van der Waals surface area contributed by atoms with Crippen LogP contribution in [0.4, 0.5) is 0 Å². The molecule has 0 bridgehead atoms. The van der Waals surface area contributed by atoms with E-state index in [2.05, 4.69) is 62.4 Å². The van der Waals surface area contributed by atoms with Gasteiger partial charge in [-0.1, -0.05) is 63.0 Å². The minimum absolute atomic E-state index is 0.0391. The summed E-state index contributed by atoms with van der Waals surface area (Å²) in [5.41, 5.74) is 3.09. The summed E-state index contributed by atoms with van der Waals surface area (Å²) in [6, 6.07) is 0. The SMILES string of the molecule is CN=P(C(C)C)(C(C)C)P(C(C)C)C(C)C. The molecule has 0 aromatic rings. The molecule has 0 aromatic heterocycles. The molecule has 0 aliphatic carbocycles. The first kappa shape index (κ1) is 16.7. The highest BCUT2D eigenvalue weighted by atomic mass is 32.1. The lowest BCUT2D eigenvalue weighted by molar-refractivity contribution is 0.983. The second-order valence-electron chi connectivity index (χ2n) is 5.66. The molecule has 0 radical (unpaired) electrons. The predicted molar refractivity (Wildman–Crippen MR) is 82.7 cm³/mol. The van der Waals surface area contributed by atoms with Crippen LogP contribution in [-0.4, -0.2) is 29.7 Å². The van der Waals surface area contributed by atoms with Crippen molar-refractivity contribution in [3.05, 3.63) is 0 Å². The van der Waals surface area contributed by atoms with Crippen LogP contribution in [0.5, 0.6) is 0 Å². The van der Waals surface area contributed by atoms with Gasteiger partial charge in [-0.15, -0.1) is 0 Å². The highest BCUT2D eigenvalue weighted by Crippen LogP contribution is 2.85. The van der Waals surface area contributed by atoms with E-state index >= 15 is 0 Å². The molecule has 0 saturated heterocycles. The van der Waals surface area contributed by atoms with Crippen molar-refractivity contribution in [2.45, 2.75) is 78.0 Å². The average Bonchev–Trinajstić information content (AvgIpc) is 2.10. The fourth-order valence-corrected chi connectivity index (χ4v) is 17.4. The minimum atomic E-state index is -1.15. The monoisotopic (exact) mass is 263 g/mol.